The van der Waals surface area contributed by atoms with Gasteiger partial charge in [0.2, 0.25) is 0 Å². The largest absolute Gasteiger partial charge is 0.354 e. The maximum Gasteiger partial charge on any atom is 0.259 e. The van der Waals surface area contributed by atoms with Crippen LogP contribution in [0.25, 0.3) is 11.5 Å². The van der Waals surface area contributed by atoms with Gasteiger partial charge in [0.15, 0.2) is 5.82 Å². The summed E-state index contributed by atoms with van der Waals surface area (Å²) in [6, 6.07) is 4.59. The van der Waals surface area contributed by atoms with E-state index >= 15 is 0 Å². The Labute approximate surface area is 137 Å². The molecule has 0 aliphatic carbocycles. The zero-order valence-corrected chi connectivity index (χ0v) is 14.4. The zero-order valence-electron chi connectivity index (χ0n) is 14.4. The minimum atomic E-state index is 0.514. The second kappa shape index (κ2) is 6.66. The van der Waals surface area contributed by atoms with E-state index in [9.17, 15) is 0 Å². The van der Waals surface area contributed by atoms with Gasteiger partial charge in [-0.25, -0.2) is 4.98 Å². The van der Waals surface area contributed by atoms with Crippen molar-refractivity contribution in [1.82, 2.24) is 20.0 Å². The second-order valence-corrected chi connectivity index (χ2v) is 6.79. The Hall–Kier alpha value is -1.95. The minimum Gasteiger partial charge on any atom is -0.354 e. The standard InChI is InChI=1S/C17H25N5O/c1-12(2)9-15-19-17(23-20-15)14-5-6-16(18-10-14)22-8-7-21(4)13(3)11-22/h5-6,10,12-13H,7-9,11H2,1-4H3. The van der Waals surface area contributed by atoms with Crippen molar-refractivity contribution >= 4 is 5.82 Å². The smallest absolute Gasteiger partial charge is 0.259 e. The summed E-state index contributed by atoms with van der Waals surface area (Å²) in [5.41, 5.74) is 0.874. The number of likely N-dealkylation sites (N-methyl/N-ethyl adjacent to an activating group) is 1. The highest BCUT2D eigenvalue weighted by Gasteiger charge is 2.21. The lowest BCUT2D eigenvalue weighted by Crippen LogP contribution is -2.50. The Bertz CT molecular complexity index is 637. The van der Waals surface area contributed by atoms with E-state index < -0.39 is 0 Å². The third-order valence-corrected chi connectivity index (χ3v) is 4.34. The van der Waals surface area contributed by atoms with Gasteiger partial charge in [-0.05, 0) is 32.0 Å². The molecule has 124 valence electrons. The summed E-state index contributed by atoms with van der Waals surface area (Å²) in [6.07, 6.45) is 2.65. The summed E-state index contributed by atoms with van der Waals surface area (Å²) in [4.78, 5) is 13.7. The molecule has 1 unspecified atom stereocenters. The third kappa shape index (κ3) is 3.69. The molecule has 0 aromatic carbocycles. The molecule has 3 heterocycles. The third-order valence-electron chi connectivity index (χ3n) is 4.34. The number of rotatable bonds is 4. The summed E-state index contributed by atoms with van der Waals surface area (Å²) >= 11 is 0. The fraction of sp³-hybridized carbons (Fsp3) is 0.588. The highest BCUT2D eigenvalue weighted by molar-refractivity contribution is 5.54. The first kappa shape index (κ1) is 15.9. The van der Waals surface area contributed by atoms with Gasteiger partial charge in [0.1, 0.15) is 5.82 Å². The first-order chi connectivity index (χ1) is 11.0. The van der Waals surface area contributed by atoms with Gasteiger partial charge in [-0.15, -0.1) is 0 Å². The molecule has 1 fully saturated rings. The molecule has 0 spiro atoms. The second-order valence-electron chi connectivity index (χ2n) is 6.79. The Morgan fingerprint density at radius 1 is 1.30 bits per heavy atom. The van der Waals surface area contributed by atoms with Crippen LogP contribution in [0.15, 0.2) is 22.9 Å². The predicted octanol–water partition coefficient (Wildman–Crippen LogP) is 2.47. The van der Waals surface area contributed by atoms with Crippen molar-refractivity contribution in [2.24, 2.45) is 5.92 Å². The number of aromatic nitrogens is 3. The summed E-state index contributed by atoms with van der Waals surface area (Å²) in [5, 5.41) is 4.03. The van der Waals surface area contributed by atoms with Crippen LogP contribution in [0.4, 0.5) is 5.82 Å². The van der Waals surface area contributed by atoms with Crippen molar-refractivity contribution in [3.63, 3.8) is 0 Å². The van der Waals surface area contributed by atoms with Gasteiger partial charge in [0.25, 0.3) is 5.89 Å². The molecular formula is C17H25N5O. The number of hydrogen-bond donors (Lipinski definition) is 0. The van der Waals surface area contributed by atoms with Crippen LogP contribution >= 0.6 is 0 Å². The molecule has 2 aromatic heterocycles. The van der Waals surface area contributed by atoms with Gasteiger partial charge in [0.05, 0.1) is 5.56 Å². The van der Waals surface area contributed by atoms with E-state index in [1.165, 1.54) is 0 Å². The Kier molecular flexibility index (Phi) is 4.61. The number of pyridine rings is 1. The van der Waals surface area contributed by atoms with Crippen LogP contribution in [0.3, 0.4) is 0 Å². The summed E-state index contributed by atoms with van der Waals surface area (Å²) in [6.45, 7) is 9.60. The maximum absolute atomic E-state index is 5.35. The van der Waals surface area contributed by atoms with Crippen LogP contribution in [0.1, 0.15) is 26.6 Å². The first-order valence-electron chi connectivity index (χ1n) is 8.27. The SMILES string of the molecule is CC(C)Cc1noc(-c2ccc(N3CCN(C)C(C)C3)nc2)n1. The quantitative estimate of drug-likeness (QED) is 0.864. The molecule has 2 aromatic rings. The Morgan fingerprint density at radius 2 is 2.13 bits per heavy atom. The van der Waals surface area contributed by atoms with Crippen molar-refractivity contribution in [1.29, 1.82) is 0 Å². The zero-order chi connectivity index (χ0) is 16.4. The van der Waals surface area contributed by atoms with E-state index in [-0.39, 0.29) is 0 Å². The van der Waals surface area contributed by atoms with E-state index in [0.29, 0.717) is 17.9 Å². The van der Waals surface area contributed by atoms with E-state index in [1.54, 1.807) is 0 Å². The minimum absolute atomic E-state index is 0.514. The van der Waals surface area contributed by atoms with E-state index in [0.717, 1.165) is 43.3 Å². The van der Waals surface area contributed by atoms with Gasteiger partial charge < -0.3 is 14.3 Å². The fourth-order valence-electron chi connectivity index (χ4n) is 2.78. The molecular weight excluding hydrogens is 290 g/mol. The predicted molar refractivity (Wildman–Crippen MR) is 90.4 cm³/mol. The summed E-state index contributed by atoms with van der Waals surface area (Å²) < 4.78 is 5.35. The van der Waals surface area contributed by atoms with E-state index in [1.807, 2.05) is 18.3 Å². The highest BCUT2D eigenvalue weighted by atomic mass is 16.5. The van der Waals surface area contributed by atoms with Gasteiger partial charge in [-0.1, -0.05) is 19.0 Å². The molecule has 1 aliphatic rings. The molecule has 23 heavy (non-hydrogen) atoms. The van der Waals surface area contributed by atoms with Crippen molar-refractivity contribution in [3.8, 4) is 11.5 Å². The molecule has 3 rings (SSSR count). The maximum atomic E-state index is 5.35. The van der Waals surface area contributed by atoms with E-state index in [4.69, 9.17) is 4.52 Å². The van der Waals surface area contributed by atoms with Crippen LogP contribution in [-0.4, -0.2) is 52.7 Å². The van der Waals surface area contributed by atoms with Gasteiger partial charge in [0, 0.05) is 38.3 Å². The lowest BCUT2D eigenvalue weighted by molar-refractivity contribution is 0.233. The number of anilines is 1. The molecule has 0 saturated carbocycles. The normalized spacial score (nSPS) is 19.5. The molecule has 6 nitrogen and oxygen atoms in total. The van der Waals surface area contributed by atoms with Crippen molar-refractivity contribution in [3.05, 3.63) is 24.2 Å². The molecule has 1 saturated heterocycles. The lowest BCUT2D eigenvalue weighted by Gasteiger charge is -2.38. The molecule has 6 heteroatoms. The molecule has 0 amide bonds. The highest BCUT2D eigenvalue weighted by Crippen LogP contribution is 2.21. The fourth-order valence-corrected chi connectivity index (χ4v) is 2.78. The van der Waals surface area contributed by atoms with Crippen LogP contribution in [0.2, 0.25) is 0 Å². The van der Waals surface area contributed by atoms with Crippen molar-refractivity contribution in [2.75, 3.05) is 31.6 Å². The molecule has 0 bridgehead atoms. The van der Waals surface area contributed by atoms with Crippen LogP contribution < -0.4 is 4.90 Å². The molecule has 0 N–H and O–H groups in total. The van der Waals surface area contributed by atoms with Gasteiger partial charge >= 0.3 is 0 Å². The lowest BCUT2D eigenvalue weighted by atomic mass is 10.1. The Balaban J connectivity index is 1.71. The Morgan fingerprint density at radius 3 is 2.78 bits per heavy atom. The number of piperazine rings is 1. The van der Waals surface area contributed by atoms with Gasteiger partial charge in [-0.3, -0.25) is 0 Å². The number of hydrogen-bond acceptors (Lipinski definition) is 6. The summed E-state index contributed by atoms with van der Waals surface area (Å²) in [7, 11) is 2.17. The van der Waals surface area contributed by atoms with Crippen molar-refractivity contribution in [2.45, 2.75) is 33.2 Å². The average Bonchev–Trinajstić information content (AvgIpc) is 2.98. The van der Waals surface area contributed by atoms with Crippen molar-refractivity contribution < 1.29 is 4.52 Å². The number of nitrogens with zero attached hydrogens (tertiary/aromatic N) is 5. The topological polar surface area (TPSA) is 58.3 Å². The van der Waals surface area contributed by atoms with E-state index in [2.05, 4.69) is 52.7 Å². The van der Waals surface area contributed by atoms with Gasteiger partial charge in [-0.2, -0.15) is 4.98 Å². The average molecular weight is 315 g/mol. The molecule has 1 atom stereocenters. The monoisotopic (exact) mass is 315 g/mol. The van der Waals surface area contributed by atoms with Crippen LogP contribution in [0.5, 0.6) is 0 Å². The van der Waals surface area contributed by atoms with Crippen LogP contribution in [-0.2, 0) is 6.42 Å². The molecule has 1 aliphatic heterocycles. The molecule has 0 radical (unpaired) electrons. The first-order valence-corrected chi connectivity index (χ1v) is 8.27. The van der Waals surface area contributed by atoms with Crippen LogP contribution in [0, 0.1) is 5.92 Å². The summed E-state index contributed by atoms with van der Waals surface area (Å²) in [5.74, 6) is 2.83.